The van der Waals surface area contributed by atoms with E-state index in [-0.39, 0.29) is 17.3 Å². The lowest BCUT2D eigenvalue weighted by atomic mass is 10.1. The summed E-state index contributed by atoms with van der Waals surface area (Å²) in [5.41, 5.74) is 0.00617. The zero-order valence-electron chi connectivity index (χ0n) is 15.6. The average molecular weight is 428 g/mol. The molecule has 1 aliphatic heterocycles. The highest BCUT2D eigenvalue weighted by Crippen LogP contribution is 2.36. The van der Waals surface area contributed by atoms with Crippen LogP contribution in [0.4, 0.5) is 24.5 Å². The van der Waals surface area contributed by atoms with Crippen LogP contribution in [0, 0.1) is 22.7 Å². The number of amides is 1. The lowest BCUT2D eigenvalue weighted by Gasteiger charge is -2.21. The summed E-state index contributed by atoms with van der Waals surface area (Å²) >= 11 is 5.37. The number of anilines is 2. The number of rotatable bonds is 5. The number of hydrogen-bond donors (Lipinski definition) is 0. The molecule has 1 aliphatic rings. The molecule has 1 saturated heterocycles. The molecule has 0 radical (unpaired) electrons. The second-order valence-electron chi connectivity index (χ2n) is 6.62. The maximum atomic E-state index is 13.3. The quantitative estimate of drug-likeness (QED) is 0.516. The summed E-state index contributed by atoms with van der Waals surface area (Å²) in [6, 6.07) is 14.0. The molecule has 1 fully saturated rings. The van der Waals surface area contributed by atoms with Gasteiger partial charge in [0.1, 0.15) is 6.54 Å². The number of carbonyl (C=O) groups excluding carboxylic acids is 1. The summed E-state index contributed by atoms with van der Waals surface area (Å²) in [5.74, 6) is -0.462. The fourth-order valence-electron chi connectivity index (χ4n) is 3.17. The van der Waals surface area contributed by atoms with Gasteiger partial charge in [-0.3, -0.25) is 9.69 Å². The van der Waals surface area contributed by atoms with Crippen LogP contribution in [0.3, 0.4) is 0 Å². The van der Waals surface area contributed by atoms with Gasteiger partial charge >= 0.3 is 6.18 Å². The fraction of sp³-hybridized carbons (Fsp3) is 0.238. The summed E-state index contributed by atoms with van der Waals surface area (Å²) in [6.07, 6.45) is -2.78. The molecule has 9 heteroatoms. The second kappa shape index (κ2) is 8.52. The number of halogens is 3. The Balaban J connectivity index is 1.85. The van der Waals surface area contributed by atoms with Gasteiger partial charge in [-0.1, -0.05) is 12.1 Å². The van der Waals surface area contributed by atoms with E-state index in [1.807, 2.05) is 12.1 Å². The van der Waals surface area contributed by atoms with Crippen molar-refractivity contribution < 1.29 is 18.0 Å². The molecule has 0 N–H and O–H groups in total. The van der Waals surface area contributed by atoms with E-state index in [2.05, 4.69) is 6.07 Å². The Morgan fingerprint density at radius 2 is 1.73 bits per heavy atom. The van der Waals surface area contributed by atoms with E-state index in [1.54, 1.807) is 17.0 Å². The van der Waals surface area contributed by atoms with Crippen molar-refractivity contribution in [2.75, 3.05) is 16.3 Å². The van der Waals surface area contributed by atoms with Gasteiger partial charge in [-0.15, -0.1) is 0 Å². The van der Waals surface area contributed by atoms with Crippen LogP contribution in [0.2, 0.25) is 0 Å². The highest BCUT2D eigenvalue weighted by atomic mass is 32.1. The zero-order valence-corrected chi connectivity index (χ0v) is 16.4. The molecule has 5 nitrogen and oxygen atoms in total. The number of carbonyl (C=O) groups is 1. The second-order valence-corrected chi connectivity index (χ2v) is 6.98. The molecule has 152 valence electrons. The predicted molar refractivity (Wildman–Crippen MR) is 109 cm³/mol. The van der Waals surface area contributed by atoms with Gasteiger partial charge < -0.3 is 4.90 Å². The highest BCUT2D eigenvalue weighted by Gasteiger charge is 2.38. The van der Waals surface area contributed by atoms with Crippen LogP contribution < -0.4 is 9.80 Å². The molecule has 2 aromatic rings. The Labute approximate surface area is 176 Å². The molecule has 2 aromatic carbocycles. The lowest BCUT2D eigenvalue weighted by Crippen LogP contribution is -2.33. The van der Waals surface area contributed by atoms with Gasteiger partial charge in [-0.25, -0.2) is 0 Å². The third kappa shape index (κ3) is 4.27. The number of alkyl halides is 3. The van der Waals surface area contributed by atoms with E-state index in [9.17, 15) is 18.0 Å². The van der Waals surface area contributed by atoms with E-state index < -0.39 is 23.2 Å². The Kier molecular flexibility index (Phi) is 6.04. The average Bonchev–Trinajstić information content (AvgIpc) is 3.01. The van der Waals surface area contributed by atoms with Crippen LogP contribution in [0.15, 0.2) is 42.5 Å². The van der Waals surface area contributed by atoms with Crippen LogP contribution in [-0.2, 0) is 17.4 Å². The molecule has 0 atom stereocenters. The summed E-state index contributed by atoms with van der Waals surface area (Å²) in [5, 5.41) is 17.6. The van der Waals surface area contributed by atoms with Gasteiger partial charge in [-0.2, -0.15) is 23.7 Å². The van der Waals surface area contributed by atoms with E-state index in [1.165, 1.54) is 12.1 Å². The van der Waals surface area contributed by atoms with Crippen LogP contribution in [0.5, 0.6) is 0 Å². The van der Waals surface area contributed by atoms with Crippen molar-refractivity contribution in [1.82, 2.24) is 0 Å². The van der Waals surface area contributed by atoms with Crippen molar-refractivity contribution in [3.63, 3.8) is 0 Å². The van der Waals surface area contributed by atoms with Gasteiger partial charge in [0.2, 0.25) is 0 Å². The monoisotopic (exact) mass is 428 g/mol. The minimum absolute atomic E-state index is 0.0352. The van der Waals surface area contributed by atoms with Crippen molar-refractivity contribution >= 4 is 34.6 Å². The lowest BCUT2D eigenvalue weighted by molar-refractivity contribution is -0.137. The number of unbranched alkanes of at least 4 members (excludes halogenated alkanes) is 1. The molecule has 1 heterocycles. The molecule has 0 saturated carbocycles. The Morgan fingerprint density at radius 3 is 2.33 bits per heavy atom. The first-order valence-electron chi connectivity index (χ1n) is 8.98. The molecule has 0 spiro atoms. The molecule has 0 aromatic heterocycles. The van der Waals surface area contributed by atoms with Crippen LogP contribution in [-0.4, -0.2) is 17.6 Å². The summed E-state index contributed by atoms with van der Waals surface area (Å²) < 4.78 is 39.8. The molecule has 3 rings (SSSR count). The van der Waals surface area contributed by atoms with Crippen LogP contribution >= 0.6 is 12.2 Å². The largest absolute Gasteiger partial charge is 0.417 e. The van der Waals surface area contributed by atoms with E-state index >= 15 is 0 Å². The molecule has 0 unspecified atom stereocenters. The number of nitrogens with zero attached hydrogens (tertiary/aromatic N) is 4. The summed E-state index contributed by atoms with van der Waals surface area (Å²) in [6.45, 7) is -0.103. The Bertz CT molecular complexity index is 1070. The maximum absolute atomic E-state index is 13.3. The predicted octanol–water partition coefficient (Wildman–Crippen LogP) is 4.56. The number of benzene rings is 2. The molecular weight excluding hydrogens is 413 g/mol. The SMILES string of the molecule is N#CCCCc1ccc(N2CC(=O)N(c3ccc(C#N)c(C(F)(F)F)c3)C2=S)cc1. The van der Waals surface area contributed by atoms with Gasteiger partial charge in [0.15, 0.2) is 5.11 Å². The summed E-state index contributed by atoms with van der Waals surface area (Å²) in [4.78, 5) is 15.1. The van der Waals surface area contributed by atoms with Crippen molar-refractivity contribution in [2.24, 2.45) is 0 Å². The minimum Gasteiger partial charge on any atom is -0.309 e. The third-order valence-electron chi connectivity index (χ3n) is 4.65. The molecule has 0 aliphatic carbocycles. The maximum Gasteiger partial charge on any atom is 0.417 e. The number of thiocarbonyl (C=S) groups is 1. The Hall–Kier alpha value is -3.43. The topological polar surface area (TPSA) is 71.1 Å². The Morgan fingerprint density at radius 1 is 1.07 bits per heavy atom. The number of hydrogen-bond acceptors (Lipinski definition) is 4. The number of nitriles is 2. The molecule has 30 heavy (non-hydrogen) atoms. The van der Waals surface area contributed by atoms with Crippen molar-refractivity contribution in [3.05, 3.63) is 59.2 Å². The normalized spacial score (nSPS) is 14.0. The zero-order chi connectivity index (χ0) is 21.9. The first-order valence-corrected chi connectivity index (χ1v) is 9.38. The minimum atomic E-state index is -4.73. The van der Waals surface area contributed by atoms with Crippen LogP contribution in [0.1, 0.15) is 29.5 Å². The first kappa shape index (κ1) is 21.3. The fourth-order valence-corrected chi connectivity index (χ4v) is 3.55. The molecule has 1 amide bonds. The summed E-state index contributed by atoms with van der Waals surface area (Å²) in [7, 11) is 0. The number of aryl methyl sites for hydroxylation is 1. The van der Waals surface area contributed by atoms with Gasteiger partial charge in [-0.05, 0) is 61.0 Å². The van der Waals surface area contributed by atoms with E-state index in [0.29, 0.717) is 12.1 Å². The van der Waals surface area contributed by atoms with E-state index in [0.717, 1.165) is 35.4 Å². The van der Waals surface area contributed by atoms with E-state index in [4.69, 9.17) is 22.7 Å². The standard InChI is InChI=1S/C21H15F3N4OS/c22-21(23,24)18-11-17(9-6-15(18)12-26)28-19(29)13-27(20(28)30)16-7-4-14(5-8-16)3-1-2-10-25/h4-9,11H,1-3,13H2. The smallest absolute Gasteiger partial charge is 0.309 e. The molecular formula is C21H15F3N4OS. The van der Waals surface area contributed by atoms with Crippen molar-refractivity contribution in [3.8, 4) is 12.1 Å². The van der Waals surface area contributed by atoms with Gasteiger partial charge in [0.05, 0.1) is 29.0 Å². The van der Waals surface area contributed by atoms with Crippen molar-refractivity contribution in [1.29, 1.82) is 10.5 Å². The van der Waals surface area contributed by atoms with Gasteiger partial charge in [0, 0.05) is 12.1 Å². The third-order valence-corrected chi connectivity index (χ3v) is 5.06. The molecule has 0 bridgehead atoms. The van der Waals surface area contributed by atoms with Crippen molar-refractivity contribution in [2.45, 2.75) is 25.4 Å². The first-order chi connectivity index (χ1) is 14.3. The highest BCUT2D eigenvalue weighted by molar-refractivity contribution is 7.81. The van der Waals surface area contributed by atoms with Crippen LogP contribution in [0.25, 0.3) is 0 Å². The van der Waals surface area contributed by atoms with Gasteiger partial charge in [0.25, 0.3) is 5.91 Å².